The van der Waals surface area contributed by atoms with Crippen LogP contribution in [0.5, 0.6) is 5.75 Å². The summed E-state index contributed by atoms with van der Waals surface area (Å²) in [6.07, 6.45) is 0.591. The zero-order valence-corrected chi connectivity index (χ0v) is 11.5. The number of amides is 1. The number of para-hydroxylation sites is 1. The van der Waals surface area contributed by atoms with E-state index < -0.39 is 11.9 Å². The van der Waals surface area contributed by atoms with Crippen LogP contribution >= 0.6 is 0 Å². The molecule has 1 unspecified atom stereocenters. The van der Waals surface area contributed by atoms with Crippen molar-refractivity contribution in [2.24, 2.45) is 0 Å². The van der Waals surface area contributed by atoms with Crippen LogP contribution in [0, 0.1) is 5.82 Å². The molecular weight excluding hydrogens is 271 g/mol. The summed E-state index contributed by atoms with van der Waals surface area (Å²) in [7, 11) is 1.49. The van der Waals surface area contributed by atoms with E-state index in [1.165, 1.54) is 25.3 Å². The highest BCUT2D eigenvalue weighted by atomic mass is 19.1. The van der Waals surface area contributed by atoms with Crippen LogP contribution in [0.1, 0.15) is 5.56 Å². The lowest BCUT2D eigenvalue weighted by molar-refractivity contribution is -0.116. The van der Waals surface area contributed by atoms with Crippen molar-refractivity contribution in [2.45, 2.75) is 12.5 Å². The Labute approximate surface area is 121 Å². The molecule has 108 valence electrons. The van der Waals surface area contributed by atoms with Crippen molar-refractivity contribution in [1.29, 1.82) is 0 Å². The highest BCUT2D eigenvalue weighted by molar-refractivity contribution is 5.98. The van der Waals surface area contributed by atoms with Crippen LogP contribution < -0.4 is 15.4 Å². The Balaban J connectivity index is 1.74. The molecular formula is C16H15FN2O2. The molecule has 0 spiro atoms. The Kier molecular flexibility index (Phi) is 3.48. The SMILES string of the molecule is COc1ccc(F)c(NC(=O)C2Cc3ccccc3N2)c1. The standard InChI is InChI=1S/C16H15FN2O2/c1-21-11-6-7-12(17)14(9-11)19-16(20)15-8-10-4-2-3-5-13(10)18-15/h2-7,9,15,18H,8H2,1H3,(H,19,20). The van der Waals surface area contributed by atoms with Gasteiger partial charge < -0.3 is 15.4 Å². The first kappa shape index (κ1) is 13.4. The molecule has 0 fully saturated rings. The Morgan fingerprint density at radius 2 is 2.14 bits per heavy atom. The van der Waals surface area contributed by atoms with Gasteiger partial charge in [0.15, 0.2) is 0 Å². The van der Waals surface area contributed by atoms with Crippen molar-refractivity contribution in [3.63, 3.8) is 0 Å². The molecule has 1 amide bonds. The van der Waals surface area contributed by atoms with Crippen LogP contribution in [0.4, 0.5) is 15.8 Å². The third-order valence-corrected chi connectivity index (χ3v) is 3.52. The topological polar surface area (TPSA) is 50.4 Å². The lowest BCUT2D eigenvalue weighted by Crippen LogP contribution is -2.33. The molecule has 0 saturated carbocycles. The average Bonchev–Trinajstić information content (AvgIpc) is 2.93. The van der Waals surface area contributed by atoms with Gasteiger partial charge in [-0.2, -0.15) is 0 Å². The van der Waals surface area contributed by atoms with Crippen LogP contribution in [-0.4, -0.2) is 19.1 Å². The number of benzene rings is 2. The second-order valence-electron chi connectivity index (χ2n) is 4.89. The van der Waals surface area contributed by atoms with Gasteiger partial charge in [-0.15, -0.1) is 0 Å². The monoisotopic (exact) mass is 286 g/mol. The number of anilines is 2. The average molecular weight is 286 g/mol. The molecule has 4 nitrogen and oxygen atoms in total. The maximum atomic E-state index is 13.7. The second-order valence-corrected chi connectivity index (χ2v) is 4.89. The number of ether oxygens (including phenoxy) is 1. The number of methoxy groups -OCH3 is 1. The highest BCUT2D eigenvalue weighted by Crippen LogP contribution is 2.27. The first-order chi connectivity index (χ1) is 10.2. The fraction of sp³-hybridized carbons (Fsp3) is 0.188. The van der Waals surface area contributed by atoms with E-state index in [-0.39, 0.29) is 11.6 Å². The van der Waals surface area contributed by atoms with Gasteiger partial charge in [-0.05, 0) is 23.8 Å². The van der Waals surface area contributed by atoms with Gasteiger partial charge >= 0.3 is 0 Å². The minimum Gasteiger partial charge on any atom is -0.497 e. The van der Waals surface area contributed by atoms with E-state index in [9.17, 15) is 9.18 Å². The van der Waals surface area contributed by atoms with Gasteiger partial charge in [-0.1, -0.05) is 18.2 Å². The van der Waals surface area contributed by atoms with Crippen molar-refractivity contribution in [3.8, 4) is 5.75 Å². The van der Waals surface area contributed by atoms with Crippen LogP contribution in [0.25, 0.3) is 0 Å². The Morgan fingerprint density at radius 1 is 1.33 bits per heavy atom. The van der Waals surface area contributed by atoms with Gasteiger partial charge in [0, 0.05) is 18.2 Å². The van der Waals surface area contributed by atoms with Crippen molar-refractivity contribution < 1.29 is 13.9 Å². The van der Waals surface area contributed by atoms with E-state index in [4.69, 9.17) is 4.74 Å². The molecule has 1 aliphatic rings. The number of fused-ring (bicyclic) bond motifs is 1. The summed E-state index contributed by atoms with van der Waals surface area (Å²) in [6.45, 7) is 0. The molecule has 0 radical (unpaired) electrons. The van der Waals surface area contributed by atoms with Gasteiger partial charge in [0.05, 0.1) is 12.8 Å². The predicted octanol–water partition coefficient (Wildman–Crippen LogP) is 2.81. The lowest BCUT2D eigenvalue weighted by Gasteiger charge is -2.13. The zero-order valence-electron chi connectivity index (χ0n) is 11.5. The van der Waals surface area contributed by atoms with E-state index in [1.54, 1.807) is 0 Å². The summed E-state index contributed by atoms with van der Waals surface area (Å²) in [5, 5.41) is 5.74. The molecule has 0 bridgehead atoms. The van der Waals surface area contributed by atoms with Gasteiger partial charge in [-0.25, -0.2) is 4.39 Å². The largest absolute Gasteiger partial charge is 0.497 e. The second kappa shape index (κ2) is 5.44. The molecule has 3 rings (SSSR count). The molecule has 2 aromatic rings. The predicted molar refractivity (Wildman–Crippen MR) is 79.1 cm³/mol. The molecule has 1 heterocycles. The number of hydrogen-bond acceptors (Lipinski definition) is 3. The van der Waals surface area contributed by atoms with E-state index in [0.29, 0.717) is 12.2 Å². The first-order valence-corrected chi connectivity index (χ1v) is 6.66. The van der Waals surface area contributed by atoms with Crippen molar-refractivity contribution in [2.75, 3.05) is 17.7 Å². The van der Waals surface area contributed by atoms with Crippen molar-refractivity contribution in [1.82, 2.24) is 0 Å². The maximum Gasteiger partial charge on any atom is 0.247 e. The lowest BCUT2D eigenvalue weighted by atomic mass is 10.1. The normalized spacial score (nSPS) is 16.0. The number of rotatable bonds is 3. The summed E-state index contributed by atoms with van der Waals surface area (Å²) in [4.78, 5) is 12.3. The van der Waals surface area contributed by atoms with Crippen LogP contribution in [0.15, 0.2) is 42.5 Å². The number of carbonyl (C=O) groups is 1. The minimum absolute atomic E-state index is 0.122. The molecule has 0 aliphatic carbocycles. The smallest absolute Gasteiger partial charge is 0.247 e. The molecule has 1 aliphatic heterocycles. The Bertz CT molecular complexity index is 663. The van der Waals surface area contributed by atoms with Crippen LogP contribution in [0.2, 0.25) is 0 Å². The third kappa shape index (κ3) is 2.67. The molecule has 0 saturated heterocycles. The number of nitrogens with one attached hydrogen (secondary N) is 2. The number of carbonyl (C=O) groups excluding carboxylic acids is 1. The van der Waals surface area contributed by atoms with E-state index in [1.807, 2.05) is 24.3 Å². The van der Waals surface area contributed by atoms with E-state index >= 15 is 0 Å². The Morgan fingerprint density at radius 3 is 2.90 bits per heavy atom. The first-order valence-electron chi connectivity index (χ1n) is 6.66. The molecule has 1 atom stereocenters. The van der Waals surface area contributed by atoms with Crippen LogP contribution in [-0.2, 0) is 11.2 Å². The number of hydrogen-bond donors (Lipinski definition) is 2. The third-order valence-electron chi connectivity index (χ3n) is 3.52. The van der Waals surface area contributed by atoms with Crippen molar-refractivity contribution >= 4 is 17.3 Å². The molecule has 2 N–H and O–H groups in total. The summed E-state index contributed by atoms with van der Waals surface area (Å²) in [6, 6.07) is 11.6. The summed E-state index contributed by atoms with van der Waals surface area (Å²) >= 11 is 0. The molecule has 2 aromatic carbocycles. The van der Waals surface area contributed by atoms with Gasteiger partial charge in [0.2, 0.25) is 5.91 Å². The fourth-order valence-corrected chi connectivity index (χ4v) is 2.40. The van der Waals surface area contributed by atoms with E-state index in [0.717, 1.165) is 11.3 Å². The van der Waals surface area contributed by atoms with E-state index in [2.05, 4.69) is 10.6 Å². The molecule has 5 heteroatoms. The van der Waals surface area contributed by atoms with Gasteiger partial charge in [0.1, 0.15) is 17.6 Å². The molecule has 0 aromatic heterocycles. The quantitative estimate of drug-likeness (QED) is 0.912. The highest BCUT2D eigenvalue weighted by Gasteiger charge is 2.26. The van der Waals surface area contributed by atoms with Gasteiger partial charge in [0.25, 0.3) is 0 Å². The van der Waals surface area contributed by atoms with Gasteiger partial charge in [-0.3, -0.25) is 4.79 Å². The zero-order chi connectivity index (χ0) is 14.8. The number of halogens is 1. The van der Waals surface area contributed by atoms with Crippen LogP contribution in [0.3, 0.4) is 0 Å². The fourth-order valence-electron chi connectivity index (χ4n) is 2.40. The maximum absolute atomic E-state index is 13.7. The Hall–Kier alpha value is -2.56. The minimum atomic E-state index is -0.486. The summed E-state index contributed by atoms with van der Waals surface area (Å²) < 4.78 is 18.8. The molecule has 21 heavy (non-hydrogen) atoms. The summed E-state index contributed by atoms with van der Waals surface area (Å²) in [5.41, 5.74) is 2.16. The van der Waals surface area contributed by atoms with Crippen molar-refractivity contribution in [3.05, 3.63) is 53.8 Å². The summed E-state index contributed by atoms with van der Waals surface area (Å²) in [5.74, 6) is -0.257.